The van der Waals surface area contributed by atoms with Gasteiger partial charge in [-0.2, -0.15) is 0 Å². The van der Waals surface area contributed by atoms with Crippen molar-refractivity contribution in [3.05, 3.63) is 24.3 Å². The van der Waals surface area contributed by atoms with Crippen LogP contribution in [0.4, 0.5) is 10.5 Å². The van der Waals surface area contributed by atoms with E-state index in [1.54, 1.807) is 11.8 Å². The molecule has 5 heteroatoms. The van der Waals surface area contributed by atoms with Crippen LogP contribution >= 0.6 is 11.8 Å². The van der Waals surface area contributed by atoms with Crippen LogP contribution in [0.25, 0.3) is 0 Å². The molecule has 1 heterocycles. The summed E-state index contributed by atoms with van der Waals surface area (Å²) in [6.07, 6.45) is 4.45. The Morgan fingerprint density at radius 2 is 2.15 bits per heavy atom. The molecule has 20 heavy (non-hydrogen) atoms. The first-order valence-corrected chi connectivity index (χ1v) is 8.38. The highest BCUT2D eigenvalue weighted by molar-refractivity contribution is 7.98. The van der Waals surface area contributed by atoms with E-state index in [4.69, 9.17) is 0 Å². The number of thioether (sulfide) groups is 1. The number of likely N-dealkylation sites (N-methyl/N-ethyl adjacent to an activating group) is 1. The number of anilines is 1. The van der Waals surface area contributed by atoms with E-state index >= 15 is 0 Å². The van der Waals surface area contributed by atoms with E-state index in [1.165, 1.54) is 17.7 Å². The molecule has 2 amide bonds. The summed E-state index contributed by atoms with van der Waals surface area (Å²) in [5, 5.41) is 5.84. The number of nitrogens with one attached hydrogen (secondary N) is 2. The van der Waals surface area contributed by atoms with Gasteiger partial charge in [-0.15, -0.1) is 11.8 Å². The van der Waals surface area contributed by atoms with Gasteiger partial charge in [0.1, 0.15) is 0 Å². The Hall–Kier alpha value is -1.20. The summed E-state index contributed by atoms with van der Waals surface area (Å²) in [6.45, 7) is 5.11. The normalized spacial score (nSPS) is 19.0. The van der Waals surface area contributed by atoms with Crippen molar-refractivity contribution in [2.45, 2.75) is 30.7 Å². The molecule has 1 unspecified atom stereocenters. The maximum absolute atomic E-state index is 11.9. The van der Waals surface area contributed by atoms with E-state index in [0.717, 1.165) is 25.3 Å². The molecule has 2 N–H and O–H groups in total. The van der Waals surface area contributed by atoms with Gasteiger partial charge in [-0.3, -0.25) is 4.90 Å². The number of nitrogens with zero attached hydrogens (tertiary/aromatic N) is 1. The fourth-order valence-electron chi connectivity index (χ4n) is 2.60. The summed E-state index contributed by atoms with van der Waals surface area (Å²) in [7, 11) is 0. The van der Waals surface area contributed by atoms with E-state index in [1.807, 2.05) is 30.5 Å². The predicted molar refractivity (Wildman–Crippen MR) is 85.5 cm³/mol. The van der Waals surface area contributed by atoms with Crippen LogP contribution in [0.1, 0.15) is 19.8 Å². The number of hydrogen-bond donors (Lipinski definition) is 2. The Kier molecular flexibility index (Phi) is 5.73. The van der Waals surface area contributed by atoms with Gasteiger partial charge in [-0.25, -0.2) is 4.79 Å². The van der Waals surface area contributed by atoms with Gasteiger partial charge in [-0.05, 0) is 56.5 Å². The molecule has 1 atom stereocenters. The summed E-state index contributed by atoms with van der Waals surface area (Å²) >= 11 is 1.69. The minimum absolute atomic E-state index is 0.121. The van der Waals surface area contributed by atoms with Crippen molar-refractivity contribution in [2.75, 3.05) is 31.2 Å². The fraction of sp³-hybridized carbons (Fsp3) is 0.533. The number of carbonyl (C=O) groups is 1. The van der Waals surface area contributed by atoms with Crippen LogP contribution in [0.3, 0.4) is 0 Å². The molecule has 4 nitrogen and oxygen atoms in total. The lowest BCUT2D eigenvalue weighted by Gasteiger charge is -2.22. The van der Waals surface area contributed by atoms with Gasteiger partial charge in [0.2, 0.25) is 0 Å². The minimum atomic E-state index is -0.121. The molecule has 0 aromatic heterocycles. The lowest BCUT2D eigenvalue weighted by atomic mass is 10.2. The van der Waals surface area contributed by atoms with Crippen LogP contribution in [0, 0.1) is 0 Å². The number of urea groups is 1. The Morgan fingerprint density at radius 1 is 1.40 bits per heavy atom. The van der Waals surface area contributed by atoms with Gasteiger partial charge in [0.25, 0.3) is 0 Å². The van der Waals surface area contributed by atoms with Crippen molar-refractivity contribution in [3.8, 4) is 0 Å². The zero-order valence-corrected chi connectivity index (χ0v) is 13.0. The van der Waals surface area contributed by atoms with Crippen molar-refractivity contribution < 1.29 is 4.79 Å². The van der Waals surface area contributed by atoms with E-state index in [9.17, 15) is 4.79 Å². The molecule has 1 aromatic rings. The average Bonchev–Trinajstić information content (AvgIpc) is 2.93. The Balaban J connectivity index is 1.77. The van der Waals surface area contributed by atoms with E-state index in [2.05, 4.69) is 22.5 Å². The summed E-state index contributed by atoms with van der Waals surface area (Å²) in [4.78, 5) is 15.5. The predicted octanol–water partition coefficient (Wildman–Crippen LogP) is 3.01. The molecular weight excluding hydrogens is 270 g/mol. The molecule has 2 rings (SSSR count). The number of amides is 2. The van der Waals surface area contributed by atoms with Gasteiger partial charge in [0.05, 0.1) is 0 Å². The first-order chi connectivity index (χ1) is 9.72. The first kappa shape index (κ1) is 15.2. The van der Waals surface area contributed by atoms with Gasteiger partial charge in [-0.1, -0.05) is 6.92 Å². The molecule has 0 radical (unpaired) electrons. The summed E-state index contributed by atoms with van der Waals surface area (Å²) in [5.74, 6) is 0. The first-order valence-electron chi connectivity index (χ1n) is 7.16. The van der Waals surface area contributed by atoms with Gasteiger partial charge < -0.3 is 10.6 Å². The topological polar surface area (TPSA) is 44.4 Å². The monoisotopic (exact) mass is 293 g/mol. The zero-order chi connectivity index (χ0) is 14.4. The van der Waals surface area contributed by atoms with E-state index < -0.39 is 0 Å². The van der Waals surface area contributed by atoms with Crippen molar-refractivity contribution in [1.29, 1.82) is 0 Å². The van der Waals surface area contributed by atoms with Gasteiger partial charge in [0, 0.05) is 23.2 Å². The molecule has 1 aliphatic heterocycles. The van der Waals surface area contributed by atoms with Crippen LogP contribution in [0.2, 0.25) is 0 Å². The Morgan fingerprint density at radius 3 is 2.80 bits per heavy atom. The SMILES string of the molecule is CCN1CCCC1CNC(=O)Nc1ccc(SC)cc1. The molecule has 1 saturated heterocycles. The largest absolute Gasteiger partial charge is 0.336 e. The van der Waals surface area contributed by atoms with Crippen molar-refractivity contribution in [2.24, 2.45) is 0 Å². The molecule has 0 saturated carbocycles. The second-order valence-electron chi connectivity index (χ2n) is 4.99. The molecule has 0 spiro atoms. The standard InChI is InChI=1S/C15H23N3OS/c1-3-18-10-4-5-13(18)11-16-15(19)17-12-6-8-14(20-2)9-7-12/h6-9,13H,3-5,10-11H2,1-2H3,(H2,16,17,19). The maximum Gasteiger partial charge on any atom is 0.319 e. The lowest BCUT2D eigenvalue weighted by Crippen LogP contribution is -2.41. The fourth-order valence-corrected chi connectivity index (χ4v) is 3.01. The summed E-state index contributed by atoms with van der Waals surface area (Å²) in [6, 6.07) is 8.25. The third-order valence-corrected chi connectivity index (χ3v) is 4.49. The van der Waals surface area contributed by atoms with Gasteiger partial charge in [0.15, 0.2) is 0 Å². The van der Waals surface area contributed by atoms with Crippen molar-refractivity contribution >= 4 is 23.5 Å². The van der Waals surface area contributed by atoms with Crippen LogP contribution in [0.15, 0.2) is 29.2 Å². The van der Waals surface area contributed by atoms with Crippen LogP contribution in [-0.4, -0.2) is 42.9 Å². The smallest absolute Gasteiger partial charge is 0.319 e. The molecule has 1 aromatic carbocycles. The summed E-state index contributed by atoms with van der Waals surface area (Å²) in [5.41, 5.74) is 0.832. The third-order valence-electron chi connectivity index (χ3n) is 3.75. The molecule has 0 bridgehead atoms. The highest BCUT2D eigenvalue weighted by Crippen LogP contribution is 2.18. The second-order valence-corrected chi connectivity index (χ2v) is 5.87. The highest BCUT2D eigenvalue weighted by atomic mass is 32.2. The Bertz CT molecular complexity index is 435. The molecule has 1 aliphatic rings. The maximum atomic E-state index is 11.9. The number of carbonyl (C=O) groups excluding carboxylic acids is 1. The molecular formula is C15H23N3OS. The van der Waals surface area contributed by atoms with Crippen LogP contribution < -0.4 is 10.6 Å². The number of benzene rings is 1. The summed E-state index contributed by atoms with van der Waals surface area (Å²) < 4.78 is 0. The average molecular weight is 293 g/mol. The minimum Gasteiger partial charge on any atom is -0.336 e. The van der Waals surface area contributed by atoms with Gasteiger partial charge >= 0.3 is 6.03 Å². The molecule has 110 valence electrons. The Labute approximate surface area is 125 Å². The van der Waals surface area contributed by atoms with Crippen molar-refractivity contribution in [1.82, 2.24) is 10.2 Å². The highest BCUT2D eigenvalue weighted by Gasteiger charge is 2.22. The number of hydrogen-bond acceptors (Lipinski definition) is 3. The quantitative estimate of drug-likeness (QED) is 0.820. The van der Waals surface area contributed by atoms with E-state index in [0.29, 0.717) is 6.04 Å². The number of likely N-dealkylation sites (tertiary alicyclic amines) is 1. The van der Waals surface area contributed by atoms with Crippen LogP contribution in [0.5, 0.6) is 0 Å². The molecule has 1 fully saturated rings. The lowest BCUT2D eigenvalue weighted by molar-refractivity contribution is 0.238. The van der Waals surface area contributed by atoms with E-state index in [-0.39, 0.29) is 6.03 Å². The zero-order valence-electron chi connectivity index (χ0n) is 12.2. The third kappa shape index (κ3) is 4.15. The number of rotatable bonds is 5. The van der Waals surface area contributed by atoms with Crippen molar-refractivity contribution in [3.63, 3.8) is 0 Å². The van der Waals surface area contributed by atoms with Crippen LogP contribution in [-0.2, 0) is 0 Å². The second kappa shape index (κ2) is 7.55. The molecule has 0 aliphatic carbocycles.